The highest BCUT2D eigenvalue weighted by Crippen LogP contribution is 2.29. The highest BCUT2D eigenvalue weighted by atomic mass is 32.1. The summed E-state index contributed by atoms with van der Waals surface area (Å²) in [6.07, 6.45) is -3.98. The number of nitrogens with zero attached hydrogens (tertiary/aromatic N) is 3. The summed E-state index contributed by atoms with van der Waals surface area (Å²) in [5.74, 6) is 0.0275. The van der Waals surface area contributed by atoms with E-state index in [0.717, 1.165) is 17.8 Å². The molecule has 2 heterocycles. The van der Waals surface area contributed by atoms with Crippen LogP contribution in [-0.4, -0.2) is 27.2 Å². The van der Waals surface area contributed by atoms with Crippen molar-refractivity contribution in [1.82, 2.24) is 19.9 Å². The molecule has 2 amide bonds. The predicted molar refractivity (Wildman–Crippen MR) is 108 cm³/mol. The minimum absolute atomic E-state index is 0.249. The molecule has 0 saturated heterocycles. The maximum Gasteiger partial charge on any atom is 0.416 e. The average Bonchev–Trinajstić information content (AvgIpc) is 3.29. The lowest BCUT2D eigenvalue weighted by Gasteiger charge is -2.09. The fraction of sp³-hybridized carbons (Fsp3) is 0.150. The minimum Gasteiger partial charge on any atom is -0.337 e. The van der Waals surface area contributed by atoms with Crippen molar-refractivity contribution in [3.8, 4) is 11.4 Å². The first-order valence-electron chi connectivity index (χ1n) is 9.11. The van der Waals surface area contributed by atoms with E-state index in [2.05, 4.69) is 20.7 Å². The normalized spacial score (nSPS) is 11.6. The zero-order valence-electron chi connectivity index (χ0n) is 15.8. The number of anilines is 1. The average molecular weight is 449 g/mol. The van der Waals surface area contributed by atoms with Gasteiger partial charge < -0.3 is 10.6 Å². The van der Waals surface area contributed by atoms with E-state index in [4.69, 9.17) is 0 Å². The molecule has 0 spiro atoms. The number of hydrogen-bond donors (Lipinski definition) is 2. The lowest BCUT2D eigenvalue weighted by molar-refractivity contribution is -0.137. The topological polar surface area (TPSA) is 71.3 Å². The molecule has 4 aromatic rings. The molecule has 2 aromatic carbocycles. The molecular weight excluding hydrogens is 434 g/mol. The van der Waals surface area contributed by atoms with E-state index in [-0.39, 0.29) is 18.0 Å². The Morgan fingerprint density at radius 1 is 1.13 bits per heavy atom. The van der Waals surface area contributed by atoms with Crippen LogP contribution in [0.15, 0.2) is 53.9 Å². The van der Waals surface area contributed by atoms with Gasteiger partial charge in [0.25, 0.3) is 0 Å². The number of thiazole rings is 1. The van der Waals surface area contributed by atoms with E-state index < -0.39 is 17.8 Å². The number of nitrogens with one attached hydrogen (secondary N) is 2. The van der Waals surface area contributed by atoms with Crippen molar-refractivity contribution in [2.24, 2.45) is 0 Å². The molecule has 0 radical (unpaired) electrons. The molecule has 0 saturated carbocycles. The van der Waals surface area contributed by atoms with Crippen LogP contribution in [0.2, 0.25) is 0 Å². The van der Waals surface area contributed by atoms with Gasteiger partial charge >= 0.3 is 12.2 Å². The Morgan fingerprint density at radius 2 is 1.90 bits per heavy atom. The second-order valence-corrected chi connectivity index (χ2v) is 7.41. The van der Waals surface area contributed by atoms with Gasteiger partial charge in [-0.2, -0.15) is 18.2 Å². The van der Waals surface area contributed by atoms with Crippen molar-refractivity contribution in [3.63, 3.8) is 0 Å². The third kappa shape index (κ3) is 4.82. The molecule has 0 bridgehead atoms. The predicted octanol–water partition coefficient (Wildman–Crippen LogP) is 4.98. The molecule has 0 aliphatic heterocycles. The van der Waals surface area contributed by atoms with E-state index in [1.165, 1.54) is 35.6 Å². The van der Waals surface area contributed by atoms with Crippen molar-refractivity contribution in [2.75, 3.05) is 11.9 Å². The minimum atomic E-state index is -4.43. The smallest absolute Gasteiger partial charge is 0.337 e. The summed E-state index contributed by atoms with van der Waals surface area (Å²) < 4.78 is 52.8. The van der Waals surface area contributed by atoms with Crippen LogP contribution in [0.25, 0.3) is 16.3 Å². The Labute approximate surface area is 177 Å². The molecule has 4 rings (SSSR count). The van der Waals surface area contributed by atoms with Crippen molar-refractivity contribution >= 4 is 28.0 Å². The molecule has 0 unspecified atom stereocenters. The lowest BCUT2D eigenvalue weighted by atomic mass is 10.2. The summed E-state index contributed by atoms with van der Waals surface area (Å²) in [5.41, 5.74) is 0.839. The highest BCUT2D eigenvalue weighted by molar-refractivity contribution is 7.15. The Bertz CT molecular complexity index is 1220. The van der Waals surface area contributed by atoms with Crippen LogP contribution >= 0.6 is 11.3 Å². The van der Waals surface area contributed by atoms with E-state index in [1.54, 1.807) is 16.6 Å². The number of carbonyl (C=O) groups excluding carboxylic acids is 1. The number of halogens is 4. The number of rotatable bonds is 5. The van der Waals surface area contributed by atoms with Crippen LogP contribution < -0.4 is 10.6 Å². The molecule has 2 aromatic heterocycles. The third-order valence-corrected chi connectivity index (χ3v) is 5.23. The summed E-state index contributed by atoms with van der Waals surface area (Å²) >= 11 is 1.37. The summed E-state index contributed by atoms with van der Waals surface area (Å²) in [6.45, 7) is 0.271. The Kier molecular flexibility index (Phi) is 5.59. The second kappa shape index (κ2) is 8.34. The molecule has 0 aliphatic rings. The number of amides is 2. The first kappa shape index (κ1) is 20.8. The van der Waals surface area contributed by atoms with Crippen LogP contribution in [0, 0.1) is 5.82 Å². The molecule has 11 heteroatoms. The molecule has 0 aliphatic carbocycles. The maximum atomic E-state index is 13.4. The van der Waals surface area contributed by atoms with Gasteiger partial charge in [-0.25, -0.2) is 13.7 Å². The van der Waals surface area contributed by atoms with Gasteiger partial charge in [-0.05, 0) is 36.4 Å². The quantitative estimate of drug-likeness (QED) is 0.422. The van der Waals surface area contributed by atoms with Crippen molar-refractivity contribution in [2.45, 2.75) is 12.6 Å². The monoisotopic (exact) mass is 449 g/mol. The Balaban J connectivity index is 1.34. The molecule has 6 nitrogen and oxygen atoms in total. The van der Waals surface area contributed by atoms with Gasteiger partial charge in [0.1, 0.15) is 5.82 Å². The standard InChI is InChI=1S/C20H15F4N5OS/c21-14-3-1-2-12(10-14)17-27-19-29(28-17)16(11-31-19)8-9-25-18(30)26-15-6-4-13(5-7-15)20(22,23)24/h1-7,10-11H,8-9H2,(H2,25,26,30). The fourth-order valence-corrected chi connectivity index (χ4v) is 3.72. The van der Waals surface area contributed by atoms with E-state index in [9.17, 15) is 22.4 Å². The van der Waals surface area contributed by atoms with Crippen LogP contribution in [0.1, 0.15) is 11.3 Å². The van der Waals surface area contributed by atoms with Crippen molar-refractivity contribution in [1.29, 1.82) is 0 Å². The fourth-order valence-electron chi connectivity index (χ4n) is 2.87. The van der Waals surface area contributed by atoms with Crippen LogP contribution in [0.4, 0.5) is 28.0 Å². The number of aromatic nitrogens is 3. The lowest BCUT2D eigenvalue weighted by Crippen LogP contribution is -2.30. The van der Waals surface area contributed by atoms with Gasteiger partial charge in [-0.3, -0.25) is 0 Å². The summed E-state index contributed by atoms with van der Waals surface area (Å²) in [5, 5.41) is 11.4. The second-order valence-electron chi connectivity index (χ2n) is 6.57. The SMILES string of the molecule is O=C(NCCc1csc2nc(-c3cccc(F)c3)nn12)Nc1ccc(C(F)(F)F)cc1. The zero-order valence-corrected chi connectivity index (χ0v) is 16.6. The molecule has 160 valence electrons. The number of fused-ring (bicyclic) bond motifs is 1. The first-order chi connectivity index (χ1) is 14.8. The van der Waals surface area contributed by atoms with Crippen molar-refractivity contribution < 1.29 is 22.4 Å². The molecule has 31 heavy (non-hydrogen) atoms. The Hall–Kier alpha value is -3.47. The number of carbonyl (C=O) groups is 1. The van der Waals surface area contributed by atoms with Gasteiger partial charge in [-0.1, -0.05) is 12.1 Å². The summed E-state index contributed by atoms with van der Waals surface area (Å²) in [6, 6.07) is 9.64. The molecular formula is C20H15F4N5OS. The largest absolute Gasteiger partial charge is 0.416 e. The van der Waals surface area contributed by atoms with Gasteiger partial charge in [0.05, 0.1) is 11.3 Å². The van der Waals surface area contributed by atoms with Crippen molar-refractivity contribution in [3.05, 3.63) is 71.0 Å². The first-order valence-corrected chi connectivity index (χ1v) is 9.99. The Morgan fingerprint density at radius 3 is 2.61 bits per heavy atom. The van der Waals surface area contributed by atoms with E-state index in [0.29, 0.717) is 22.8 Å². The summed E-state index contributed by atoms with van der Waals surface area (Å²) in [7, 11) is 0. The highest BCUT2D eigenvalue weighted by Gasteiger charge is 2.30. The zero-order chi connectivity index (χ0) is 22.0. The van der Waals surface area contributed by atoms with Gasteiger partial charge in [0, 0.05) is 29.6 Å². The number of urea groups is 1. The molecule has 2 N–H and O–H groups in total. The van der Waals surface area contributed by atoms with E-state index >= 15 is 0 Å². The maximum absolute atomic E-state index is 13.4. The van der Waals surface area contributed by atoms with Crippen LogP contribution in [0.3, 0.4) is 0 Å². The number of alkyl halides is 3. The van der Waals surface area contributed by atoms with E-state index in [1.807, 2.05) is 5.38 Å². The van der Waals surface area contributed by atoms with Gasteiger partial charge in [-0.15, -0.1) is 16.4 Å². The van der Waals surface area contributed by atoms with Gasteiger partial charge in [0.2, 0.25) is 4.96 Å². The molecule has 0 fully saturated rings. The number of hydrogen-bond acceptors (Lipinski definition) is 4. The van der Waals surface area contributed by atoms with Crippen LogP contribution in [-0.2, 0) is 12.6 Å². The van der Waals surface area contributed by atoms with Gasteiger partial charge in [0.15, 0.2) is 5.82 Å². The number of benzene rings is 2. The molecule has 0 atom stereocenters. The summed E-state index contributed by atoms with van der Waals surface area (Å²) in [4.78, 5) is 17.0. The van der Waals surface area contributed by atoms with Crippen LogP contribution in [0.5, 0.6) is 0 Å². The third-order valence-electron chi connectivity index (χ3n) is 4.37.